The predicted molar refractivity (Wildman–Crippen MR) is 59.4 cm³/mol. The molecule has 5 heteroatoms. The molecule has 1 aromatic rings. The molecule has 1 heterocycles. The third kappa shape index (κ3) is 1.29. The summed E-state index contributed by atoms with van der Waals surface area (Å²) in [5.41, 5.74) is -0.272. The minimum Gasteiger partial charge on any atom is -0.278 e. The summed E-state index contributed by atoms with van der Waals surface area (Å²) < 4.78 is 0. The summed E-state index contributed by atoms with van der Waals surface area (Å²) in [6.45, 7) is 3.35. The number of imide groups is 1. The van der Waals surface area contributed by atoms with Gasteiger partial charge in [-0.15, -0.1) is 0 Å². The zero-order valence-electron chi connectivity index (χ0n) is 9.18. The Morgan fingerprint density at radius 2 is 1.69 bits per heavy atom. The zero-order chi connectivity index (χ0) is 11.9. The lowest BCUT2D eigenvalue weighted by Gasteiger charge is -2.27. The highest BCUT2D eigenvalue weighted by molar-refractivity contribution is 6.15. The Bertz CT molecular complexity index is 442. The number of hydrazine groups is 1. The molecule has 0 aliphatic carbocycles. The number of amides is 3. The van der Waals surface area contributed by atoms with Crippen LogP contribution in [0.25, 0.3) is 0 Å². The maximum absolute atomic E-state index is 11.8. The van der Waals surface area contributed by atoms with Gasteiger partial charge in [0.1, 0.15) is 5.54 Å². The number of nitrogens with zero attached hydrogens (tertiary/aromatic N) is 2. The Morgan fingerprint density at radius 3 is 2.12 bits per heavy atom. The Morgan fingerprint density at radius 1 is 1.12 bits per heavy atom. The largest absolute Gasteiger partial charge is 0.346 e. The molecule has 1 aromatic carbocycles. The topological polar surface area (TPSA) is 66.6 Å². The number of benzene rings is 1. The van der Waals surface area contributed by atoms with Crippen molar-refractivity contribution in [2.24, 2.45) is 5.84 Å². The summed E-state index contributed by atoms with van der Waals surface area (Å²) in [4.78, 5) is 25.0. The van der Waals surface area contributed by atoms with Crippen LogP contribution >= 0.6 is 0 Å². The van der Waals surface area contributed by atoms with Crippen LogP contribution in [-0.4, -0.2) is 22.5 Å². The zero-order valence-corrected chi connectivity index (χ0v) is 9.18. The summed E-state index contributed by atoms with van der Waals surface area (Å²) in [5, 5.41) is 0.660. The molecule has 0 spiro atoms. The summed E-state index contributed by atoms with van der Waals surface area (Å²) in [6.07, 6.45) is 0. The summed E-state index contributed by atoms with van der Waals surface area (Å²) >= 11 is 0. The van der Waals surface area contributed by atoms with Crippen molar-refractivity contribution in [3.8, 4) is 0 Å². The third-order valence-electron chi connectivity index (χ3n) is 2.71. The highest BCUT2D eigenvalue weighted by Gasteiger charge is 2.51. The average Bonchev–Trinajstić information content (AvgIpc) is 2.41. The Hall–Kier alpha value is -1.88. The number of carbonyl (C=O) groups excluding carboxylic acids is 2. The van der Waals surface area contributed by atoms with Crippen LogP contribution in [0.5, 0.6) is 0 Å². The van der Waals surface area contributed by atoms with Gasteiger partial charge in [0, 0.05) is 5.69 Å². The lowest BCUT2D eigenvalue weighted by atomic mass is 10.0. The van der Waals surface area contributed by atoms with Crippen molar-refractivity contribution in [1.29, 1.82) is 0 Å². The molecule has 0 bridgehead atoms. The van der Waals surface area contributed by atoms with Gasteiger partial charge in [-0.2, -0.15) is 5.01 Å². The first-order valence-electron chi connectivity index (χ1n) is 4.95. The second-order valence-corrected chi connectivity index (χ2v) is 4.19. The molecule has 0 radical (unpaired) electrons. The highest BCUT2D eigenvalue weighted by atomic mass is 16.2. The maximum Gasteiger partial charge on any atom is 0.346 e. The first kappa shape index (κ1) is 10.6. The van der Waals surface area contributed by atoms with Crippen molar-refractivity contribution < 1.29 is 9.59 Å². The van der Waals surface area contributed by atoms with Crippen LogP contribution in [0.1, 0.15) is 13.8 Å². The van der Waals surface area contributed by atoms with Crippen molar-refractivity contribution in [3.63, 3.8) is 0 Å². The van der Waals surface area contributed by atoms with Crippen molar-refractivity contribution in [3.05, 3.63) is 30.3 Å². The fourth-order valence-electron chi connectivity index (χ4n) is 1.83. The van der Waals surface area contributed by atoms with E-state index in [1.165, 1.54) is 4.90 Å². The minimum absolute atomic E-state index is 0.402. The number of anilines is 1. The van der Waals surface area contributed by atoms with Gasteiger partial charge in [0.2, 0.25) is 0 Å². The van der Waals surface area contributed by atoms with Crippen LogP contribution in [0.4, 0.5) is 10.5 Å². The number of hydrogen-bond donors (Lipinski definition) is 1. The van der Waals surface area contributed by atoms with Crippen LogP contribution in [0.2, 0.25) is 0 Å². The average molecular weight is 219 g/mol. The molecule has 5 nitrogen and oxygen atoms in total. The highest BCUT2D eigenvalue weighted by Crippen LogP contribution is 2.31. The molecule has 0 aromatic heterocycles. The van der Waals surface area contributed by atoms with E-state index < -0.39 is 17.5 Å². The fraction of sp³-hybridized carbons (Fsp3) is 0.273. The number of nitrogens with two attached hydrogens (primary N) is 1. The van der Waals surface area contributed by atoms with Crippen molar-refractivity contribution in [2.75, 3.05) is 4.90 Å². The SMILES string of the molecule is CC1(C)C(=O)N(N)C(=O)N1c1ccccc1. The smallest absolute Gasteiger partial charge is 0.278 e. The normalized spacial score (nSPS) is 19.4. The van der Waals surface area contributed by atoms with Gasteiger partial charge in [-0.25, -0.2) is 10.6 Å². The van der Waals surface area contributed by atoms with Crippen molar-refractivity contribution in [1.82, 2.24) is 5.01 Å². The maximum atomic E-state index is 11.8. The van der Waals surface area contributed by atoms with Crippen LogP contribution in [-0.2, 0) is 4.79 Å². The Kier molecular flexibility index (Phi) is 2.20. The van der Waals surface area contributed by atoms with E-state index in [1.807, 2.05) is 18.2 Å². The number of para-hydroxylation sites is 1. The number of urea groups is 1. The van der Waals surface area contributed by atoms with E-state index >= 15 is 0 Å². The van der Waals surface area contributed by atoms with Crippen LogP contribution in [0.15, 0.2) is 30.3 Å². The molecule has 1 aliphatic rings. The van der Waals surface area contributed by atoms with Crippen LogP contribution < -0.4 is 10.7 Å². The van der Waals surface area contributed by atoms with E-state index in [9.17, 15) is 9.59 Å². The van der Waals surface area contributed by atoms with Crippen LogP contribution in [0, 0.1) is 0 Å². The van der Waals surface area contributed by atoms with Gasteiger partial charge in [-0.1, -0.05) is 18.2 Å². The van der Waals surface area contributed by atoms with Crippen LogP contribution in [0.3, 0.4) is 0 Å². The first-order valence-corrected chi connectivity index (χ1v) is 4.95. The molecule has 84 valence electrons. The summed E-state index contributed by atoms with van der Waals surface area (Å²) in [6, 6.07) is 8.50. The van der Waals surface area contributed by atoms with Gasteiger partial charge in [-0.05, 0) is 26.0 Å². The molecule has 1 aliphatic heterocycles. The van der Waals surface area contributed by atoms with Crippen molar-refractivity contribution in [2.45, 2.75) is 19.4 Å². The molecule has 1 fully saturated rings. The molecule has 0 atom stereocenters. The van der Waals surface area contributed by atoms with E-state index in [1.54, 1.807) is 26.0 Å². The molecule has 0 saturated carbocycles. The third-order valence-corrected chi connectivity index (χ3v) is 2.71. The molecule has 16 heavy (non-hydrogen) atoms. The number of hydrogen-bond acceptors (Lipinski definition) is 3. The second-order valence-electron chi connectivity index (χ2n) is 4.19. The number of carbonyl (C=O) groups is 2. The molecular weight excluding hydrogens is 206 g/mol. The van der Waals surface area contributed by atoms with E-state index in [0.29, 0.717) is 10.7 Å². The summed E-state index contributed by atoms with van der Waals surface area (Å²) in [5.74, 6) is 5.02. The standard InChI is InChI=1S/C11H13N3O2/c1-11(2)9(15)14(12)10(16)13(11)8-6-4-3-5-7-8/h3-7H,12H2,1-2H3. The van der Waals surface area contributed by atoms with Gasteiger partial charge < -0.3 is 0 Å². The number of rotatable bonds is 1. The molecule has 2 rings (SSSR count). The van der Waals surface area contributed by atoms with E-state index in [2.05, 4.69) is 0 Å². The second kappa shape index (κ2) is 3.31. The lowest BCUT2D eigenvalue weighted by Crippen LogP contribution is -2.44. The molecule has 2 N–H and O–H groups in total. The quantitative estimate of drug-likeness (QED) is 0.437. The van der Waals surface area contributed by atoms with Crippen molar-refractivity contribution >= 4 is 17.6 Å². The Labute approximate surface area is 93.4 Å². The monoisotopic (exact) mass is 219 g/mol. The minimum atomic E-state index is -0.937. The molecular formula is C11H13N3O2. The van der Waals surface area contributed by atoms with E-state index in [4.69, 9.17) is 5.84 Å². The molecule has 1 saturated heterocycles. The van der Waals surface area contributed by atoms with Gasteiger partial charge in [0.15, 0.2) is 0 Å². The van der Waals surface area contributed by atoms with E-state index in [0.717, 1.165) is 0 Å². The summed E-state index contributed by atoms with van der Waals surface area (Å²) in [7, 11) is 0. The van der Waals surface area contributed by atoms with Gasteiger partial charge in [-0.3, -0.25) is 9.69 Å². The molecule has 3 amide bonds. The first-order chi connectivity index (χ1) is 7.46. The predicted octanol–water partition coefficient (Wildman–Crippen LogP) is 1.11. The molecule has 0 unspecified atom stereocenters. The Balaban J connectivity index is 2.49. The van der Waals surface area contributed by atoms with Gasteiger partial charge in [0.05, 0.1) is 0 Å². The van der Waals surface area contributed by atoms with Gasteiger partial charge in [0.25, 0.3) is 5.91 Å². The fourth-order valence-corrected chi connectivity index (χ4v) is 1.83. The van der Waals surface area contributed by atoms with E-state index in [-0.39, 0.29) is 0 Å². The van der Waals surface area contributed by atoms with Gasteiger partial charge >= 0.3 is 6.03 Å². The lowest BCUT2D eigenvalue weighted by molar-refractivity contribution is -0.130.